The summed E-state index contributed by atoms with van der Waals surface area (Å²) in [7, 11) is 0. The molecular formula is C14H12BrClN2O2. The van der Waals surface area contributed by atoms with E-state index in [2.05, 4.69) is 26.2 Å². The molecule has 2 rings (SSSR count). The number of anilines is 2. The van der Waals surface area contributed by atoms with Crippen LogP contribution in [0.4, 0.5) is 11.5 Å². The third-order valence-corrected chi connectivity index (χ3v) is 3.27. The van der Waals surface area contributed by atoms with Gasteiger partial charge >= 0.3 is 5.97 Å². The van der Waals surface area contributed by atoms with E-state index in [0.29, 0.717) is 23.0 Å². The number of nitrogens with zero attached hydrogens (tertiary/aromatic N) is 1. The Morgan fingerprint density at radius 1 is 1.40 bits per heavy atom. The van der Waals surface area contributed by atoms with Crippen LogP contribution in [0.3, 0.4) is 0 Å². The van der Waals surface area contributed by atoms with Crippen molar-refractivity contribution in [2.75, 3.05) is 11.9 Å². The van der Waals surface area contributed by atoms with Gasteiger partial charge in [-0.2, -0.15) is 0 Å². The molecule has 20 heavy (non-hydrogen) atoms. The number of esters is 1. The number of carbonyl (C=O) groups excluding carboxylic acids is 1. The van der Waals surface area contributed by atoms with Crippen molar-refractivity contribution in [2.24, 2.45) is 0 Å². The van der Waals surface area contributed by atoms with Gasteiger partial charge in [-0.15, -0.1) is 0 Å². The minimum Gasteiger partial charge on any atom is -0.462 e. The molecule has 0 saturated carbocycles. The Balaban J connectivity index is 2.12. The lowest BCUT2D eigenvalue weighted by molar-refractivity contribution is 0.0526. The predicted molar refractivity (Wildman–Crippen MR) is 82.6 cm³/mol. The van der Waals surface area contributed by atoms with Crippen molar-refractivity contribution < 1.29 is 9.53 Å². The molecule has 0 fully saturated rings. The van der Waals surface area contributed by atoms with Gasteiger partial charge in [-0.25, -0.2) is 9.78 Å². The number of hydrogen-bond acceptors (Lipinski definition) is 4. The molecule has 1 heterocycles. The number of nitrogens with one attached hydrogen (secondary N) is 1. The second-order valence-corrected chi connectivity index (χ2v) is 5.22. The molecule has 1 N–H and O–H groups in total. The van der Waals surface area contributed by atoms with Gasteiger partial charge in [0.2, 0.25) is 0 Å². The Bertz CT molecular complexity index is 617. The normalized spacial score (nSPS) is 10.2. The molecule has 0 atom stereocenters. The highest BCUT2D eigenvalue weighted by atomic mass is 79.9. The van der Waals surface area contributed by atoms with Crippen LogP contribution >= 0.6 is 27.5 Å². The zero-order valence-corrected chi connectivity index (χ0v) is 13.0. The number of pyridine rings is 1. The minimum atomic E-state index is -0.381. The quantitative estimate of drug-likeness (QED) is 0.825. The van der Waals surface area contributed by atoms with Gasteiger partial charge in [-0.3, -0.25) is 0 Å². The summed E-state index contributed by atoms with van der Waals surface area (Å²) in [5.41, 5.74) is 1.16. The highest BCUT2D eigenvalue weighted by Crippen LogP contribution is 2.27. The number of carbonyl (C=O) groups is 1. The molecule has 0 unspecified atom stereocenters. The summed E-state index contributed by atoms with van der Waals surface area (Å²) in [4.78, 5) is 15.7. The maximum atomic E-state index is 11.5. The molecule has 0 aliphatic heterocycles. The van der Waals surface area contributed by atoms with Crippen LogP contribution in [-0.4, -0.2) is 17.6 Å². The molecule has 0 aliphatic carbocycles. The Kier molecular flexibility index (Phi) is 4.98. The summed E-state index contributed by atoms with van der Waals surface area (Å²) >= 11 is 9.45. The molecule has 0 amide bonds. The summed E-state index contributed by atoms with van der Waals surface area (Å²) in [5.74, 6) is 0.218. The molecule has 0 bridgehead atoms. The van der Waals surface area contributed by atoms with Crippen molar-refractivity contribution in [3.8, 4) is 0 Å². The minimum absolute atomic E-state index is 0.341. The van der Waals surface area contributed by atoms with E-state index < -0.39 is 0 Å². The molecule has 1 aromatic carbocycles. The van der Waals surface area contributed by atoms with Gasteiger partial charge in [-0.05, 0) is 37.3 Å². The Labute approximate surface area is 130 Å². The molecule has 6 heteroatoms. The fourth-order valence-electron chi connectivity index (χ4n) is 1.53. The van der Waals surface area contributed by atoms with Crippen LogP contribution in [0.5, 0.6) is 0 Å². The van der Waals surface area contributed by atoms with Crippen molar-refractivity contribution in [2.45, 2.75) is 6.92 Å². The second kappa shape index (κ2) is 6.72. The molecule has 0 radical (unpaired) electrons. The molecule has 104 valence electrons. The number of rotatable bonds is 4. The van der Waals surface area contributed by atoms with Gasteiger partial charge in [0, 0.05) is 10.7 Å². The van der Waals surface area contributed by atoms with Crippen LogP contribution in [0.1, 0.15) is 17.3 Å². The molecule has 4 nitrogen and oxygen atoms in total. The van der Waals surface area contributed by atoms with Gasteiger partial charge in [-0.1, -0.05) is 27.5 Å². The van der Waals surface area contributed by atoms with Crippen LogP contribution in [-0.2, 0) is 4.74 Å². The lowest BCUT2D eigenvalue weighted by Gasteiger charge is -2.08. The van der Waals surface area contributed by atoms with Gasteiger partial charge in [0.05, 0.1) is 22.9 Å². The smallest absolute Gasteiger partial charge is 0.339 e. The molecule has 2 aromatic rings. The van der Waals surface area contributed by atoms with Crippen LogP contribution in [0.15, 0.2) is 41.0 Å². The van der Waals surface area contributed by atoms with E-state index >= 15 is 0 Å². The van der Waals surface area contributed by atoms with E-state index in [-0.39, 0.29) is 5.97 Å². The van der Waals surface area contributed by atoms with Crippen LogP contribution < -0.4 is 5.32 Å². The topological polar surface area (TPSA) is 51.2 Å². The van der Waals surface area contributed by atoms with E-state index in [4.69, 9.17) is 16.3 Å². The number of aromatic nitrogens is 1. The molecule has 0 aliphatic rings. The van der Waals surface area contributed by atoms with E-state index in [0.717, 1.165) is 10.2 Å². The Hall–Kier alpha value is -1.59. The molecular weight excluding hydrogens is 344 g/mol. The van der Waals surface area contributed by atoms with E-state index in [9.17, 15) is 4.79 Å². The lowest BCUT2D eigenvalue weighted by Crippen LogP contribution is -2.05. The summed E-state index contributed by atoms with van der Waals surface area (Å²) < 4.78 is 5.79. The van der Waals surface area contributed by atoms with Crippen molar-refractivity contribution in [3.63, 3.8) is 0 Å². The average Bonchev–Trinajstić information content (AvgIpc) is 2.43. The standard InChI is InChI=1S/C14H12BrClN2O2/c1-2-20-14(19)9-3-6-13(17-8-9)18-12-5-4-10(15)7-11(12)16/h3-8H,2H2,1H3,(H,17,18). The summed E-state index contributed by atoms with van der Waals surface area (Å²) in [6.45, 7) is 2.10. The monoisotopic (exact) mass is 354 g/mol. The van der Waals surface area contributed by atoms with E-state index in [1.807, 2.05) is 12.1 Å². The third kappa shape index (κ3) is 3.71. The first-order chi connectivity index (χ1) is 9.60. The number of benzene rings is 1. The SMILES string of the molecule is CCOC(=O)c1ccc(Nc2ccc(Br)cc2Cl)nc1. The predicted octanol–water partition coefficient (Wildman–Crippen LogP) is 4.42. The Morgan fingerprint density at radius 2 is 2.20 bits per heavy atom. The van der Waals surface area contributed by atoms with Gasteiger partial charge in [0.1, 0.15) is 5.82 Å². The third-order valence-electron chi connectivity index (χ3n) is 2.47. The fraction of sp³-hybridized carbons (Fsp3) is 0.143. The molecule has 1 aromatic heterocycles. The maximum absolute atomic E-state index is 11.5. The largest absolute Gasteiger partial charge is 0.462 e. The van der Waals surface area contributed by atoms with Gasteiger partial charge in [0.15, 0.2) is 0 Å². The Morgan fingerprint density at radius 3 is 2.80 bits per heavy atom. The summed E-state index contributed by atoms with van der Waals surface area (Å²) in [5, 5.41) is 3.66. The molecule has 0 saturated heterocycles. The highest BCUT2D eigenvalue weighted by molar-refractivity contribution is 9.10. The van der Waals surface area contributed by atoms with Crippen molar-refractivity contribution >= 4 is 45.0 Å². The number of halogens is 2. The van der Waals surface area contributed by atoms with Crippen LogP contribution in [0.25, 0.3) is 0 Å². The van der Waals surface area contributed by atoms with Gasteiger partial charge < -0.3 is 10.1 Å². The zero-order chi connectivity index (χ0) is 14.5. The van der Waals surface area contributed by atoms with Crippen molar-refractivity contribution in [1.82, 2.24) is 4.98 Å². The zero-order valence-electron chi connectivity index (χ0n) is 10.7. The lowest BCUT2D eigenvalue weighted by atomic mass is 10.2. The second-order valence-electron chi connectivity index (χ2n) is 3.90. The summed E-state index contributed by atoms with van der Waals surface area (Å²) in [6.07, 6.45) is 1.47. The van der Waals surface area contributed by atoms with Gasteiger partial charge in [0.25, 0.3) is 0 Å². The number of hydrogen-bond donors (Lipinski definition) is 1. The number of ether oxygens (including phenoxy) is 1. The first-order valence-corrected chi connectivity index (χ1v) is 7.12. The maximum Gasteiger partial charge on any atom is 0.339 e. The molecule has 0 spiro atoms. The summed E-state index contributed by atoms with van der Waals surface area (Å²) in [6, 6.07) is 8.86. The van der Waals surface area contributed by atoms with Crippen molar-refractivity contribution in [3.05, 3.63) is 51.6 Å². The van der Waals surface area contributed by atoms with E-state index in [1.54, 1.807) is 25.1 Å². The van der Waals surface area contributed by atoms with Crippen LogP contribution in [0.2, 0.25) is 5.02 Å². The first kappa shape index (κ1) is 14.8. The fourth-order valence-corrected chi connectivity index (χ4v) is 2.25. The van der Waals surface area contributed by atoms with E-state index in [1.165, 1.54) is 6.20 Å². The average molecular weight is 356 g/mol. The van der Waals surface area contributed by atoms with Crippen molar-refractivity contribution in [1.29, 1.82) is 0 Å². The first-order valence-electron chi connectivity index (χ1n) is 5.95. The van der Waals surface area contributed by atoms with Crippen LogP contribution in [0, 0.1) is 0 Å². The highest BCUT2D eigenvalue weighted by Gasteiger charge is 2.07.